The van der Waals surface area contributed by atoms with Gasteiger partial charge in [-0.25, -0.2) is 14.1 Å². The first kappa shape index (κ1) is 20.9. The zero-order valence-electron chi connectivity index (χ0n) is 17.4. The molecule has 3 aromatic rings. The van der Waals surface area contributed by atoms with E-state index in [0.717, 1.165) is 22.5 Å². The molecule has 1 N–H and O–H groups in total. The van der Waals surface area contributed by atoms with Gasteiger partial charge in [-0.15, -0.1) is 0 Å². The van der Waals surface area contributed by atoms with Gasteiger partial charge in [0.1, 0.15) is 11.7 Å². The van der Waals surface area contributed by atoms with Gasteiger partial charge in [0, 0.05) is 23.7 Å². The first-order chi connectivity index (χ1) is 15.0. The molecule has 2 unspecified atom stereocenters. The van der Waals surface area contributed by atoms with Crippen LogP contribution in [0.5, 0.6) is 0 Å². The van der Waals surface area contributed by atoms with Crippen molar-refractivity contribution < 1.29 is 19.0 Å². The minimum absolute atomic E-state index is 0.0760. The fourth-order valence-corrected chi connectivity index (χ4v) is 3.69. The Hall–Kier alpha value is -3.32. The zero-order valence-corrected chi connectivity index (χ0v) is 17.4. The highest BCUT2D eigenvalue weighted by Gasteiger charge is 2.30. The van der Waals surface area contributed by atoms with Crippen molar-refractivity contribution in [2.45, 2.75) is 32.3 Å². The van der Waals surface area contributed by atoms with Crippen LogP contribution in [0.3, 0.4) is 0 Å². The summed E-state index contributed by atoms with van der Waals surface area (Å²) in [6.45, 7) is 4.28. The van der Waals surface area contributed by atoms with Crippen LogP contribution in [0.4, 0.5) is 4.39 Å². The van der Waals surface area contributed by atoms with E-state index in [2.05, 4.69) is 4.98 Å². The number of aliphatic hydroxyl groups is 1. The highest BCUT2D eigenvalue weighted by Crippen LogP contribution is 2.34. The molecule has 1 aliphatic rings. The molecule has 31 heavy (non-hydrogen) atoms. The lowest BCUT2D eigenvalue weighted by atomic mass is 9.94. The lowest BCUT2D eigenvalue weighted by Gasteiger charge is -2.23. The van der Waals surface area contributed by atoms with Crippen LogP contribution in [0, 0.1) is 11.7 Å². The highest BCUT2D eigenvalue weighted by atomic mass is 19.1. The number of cyclic esters (lactones) is 1. The van der Waals surface area contributed by atoms with Crippen LogP contribution in [-0.2, 0) is 9.53 Å². The molecule has 0 spiro atoms. The van der Waals surface area contributed by atoms with Crippen LogP contribution < -0.4 is 0 Å². The monoisotopic (exact) mass is 421 g/mol. The van der Waals surface area contributed by atoms with Crippen LogP contribution in [0.1, 0.15) is 37.4 Å². The Morgan fingerprint density at radius 2 is 2.00 bits per heavy atom. The van der Waals surface area contributed by atoms with Gasteiger partial charge in [-0.1, -0.05) is 32.1 Å². The van der Waals surface area contributed by atoms with Gasteiger partial charge in [0.05, 0.1) is 24.1 Å². The first-order valence-corrected chi connectivity index (χ1v) is 10.3. The molecule has 1 fully saturated rings. The van der Waals surface area contributed by atoms with Crippen molar-refractivity contribution in [1.29, 1.82) is 0 Å². The van der Waals surface area contributed by atoms with Crippen molar-refractivity contribution in [3.63, 3.8) is 0 Å². The number of benzene rings is 1. The van der Waals surface area contributed by atoms with Gasteiger partial charge in [0.25, 0.3) is 0 Å². The van der Waals surface area contributed by atoms with E-state index < -0.39 is 18.0 Å². The average molecular weight is 421 g/mol. The Bertz CT molecular complexity index is 1090. The minimum atomic E-state index is -0.792. The SMILES string of the molecule is CC(C)c1nn(-c2ccccn2)c(-c2ccc(F)cc2)c1C=CC1C(=O)OCCC1O. The van der Waals surface area contributed by atoms with Gasteiger partial charge < -0.3 is 9.84 Å². The van der Waals surface area contributed by atoms with E-state index in [4.69, 9.17) is 9.84 Å². The molecule has 6 nitrogen and oxygen atoms in total. The fourth-order valence-electron chi connectivity index (χ4n) is 3.69. The van der Waals surface area contributed by atoms with E-state index in [1.807, 2.05) is 32.0 Å². The van der Waals surface area contributed by atoms with Gasteiger partial charge in [-0.05, 0) is 42.3 Å². The van der Waals surface area contributed by atoms with E-state index in [1.54, 1.807) is 35.2 Å². The summed E-state index contributed by atoms with van der Waals surface area (Å²) in [6.07, 6.45) is 4.77. The number of hydrogen-bond acceptors (Lipinski definition) is 5. The van der Waals surface area contributed by atoms with Crippen molar-refractivity contribution in [3.05, 3.63) is 71.8 Å². The highest BCUT2D eigenvalue weighted by molar-refractivity contribution is 5.80. The van der Waals surface area contributed by atoms with E-state index in [9.17, 15) is 14.3 Å². The molecule has 2 aromatic heterocycles. The largest absolute Gasteiger partial charge is 0.465 e. The normalized spacial score (nSPS) is 19.2. The number of carbonyl (C=O) groups excluding carboxylic acids is 1. The number of hydrogen-bond donors (Lipinski definition) is 1. The molecule has 0 bridgehead atoms. The summed E-state index contributed by atoms with van der Waals surface area (Å²) < 4.78 is 20.4. The molecule has 4 rings (SSSR count). The van der Waals surface area contributed by atoms with Gasteiger partial charge in [-0.3, -0.25) is 4.79 Å². The Labute approximate surface area is 180 Å². The number of esters is 1. The molecule has 3 heterocycles. The lowest BCUT2D eigenvalue weighted by molar-refractivity contribution is -0.157. The van der Waals surface area contributed by atoms with Crippen LogP contribution in [0.15, 0.2) is 54.7 Å². The molecule has 1 aliphatic heterocycles. The summed E-state index contributed by atoms with van der Waals surface area (Å²) >= 11 is 0. The quantitative estimate of drug-likeness (QED) is 0.627. The van der Waals surface area contributed by atoms with E-state index >= 15 is 0 Å². The number of aliphatic hydroxyl groups excluding tert-OH is 1. The van der Waals surface area contributed by atoms with Gasteiger partial charge in [0.2, 0.25) is 0 Å². The molecule has 0 aliphatic carbocycles. The number of ether oxygens (including phenoxy) is 1. The zero-order chi connectivity index (χ0) is 22.0. The van der Waals surface area contributed by atoms with E-state index in [1.165, 1.54) is 12.1 Å². The molecule has 0 amide bonds. The standard InChI is InChI=1S/C24H24FN3O3/c1-15(2)22-19(11-10-18-20(29)12-14-31-24(18)30)23(16-6-8-17(25)9-7-16)28(27-22)21-5-3-4-13-26-21/h3-11,13,15,18,20,29H,12,14H2,1-2H3. The summed E-state index contributed by atoms with van der Waals surface area (Å²) in [5.74, 6) is -0.816. The maximum absolute atomic E-state index is 13.6. The van der Waals surface area contributed by atoms with Gasteiger partial charge in [-0.2, -0.15) is 5.10 Å². The van der Waals surface area contributed by atoms with Gasteiger partial charge >= 0.3 is 5.97 Å². The molecule has 0 radical (unpaired) electrons. The molecular formula is C24H24FN3O3. The lowest BCUT2D eigenvalue weighted by Crippen LogP contribution is -2.34. The Kier molecular flexibility index (Phi) is 5.95. The van der Waals surface area contributed by atoms with Crippen molar-refractivity contribution in [2.24, 2.45) is 5.92 Å². The fraction of sp³-hybridized carbons (Fsp3) is 0.292. The predicted molar refractivity (Wildman–Crippen MR) is 115 cm³/mol. The summed E-state index contributed by atoms with van der Waals surface area (Å²) in [7, 11) is 0. The molecule has 7 heteroatoms. The van der Waals surface area contributed by atoms with Crippen molar-refractivity contribution in [3.8, 4) is 17.1 Å². The second-order valence-electron chi connectivity index (χ2n) is 7.82. The molecule has 1 saturated heterocycles. The maximum Gasteiger partial charge on any atom is 0.315 e. The van der Waals surface area contributed by atoms with Crippen LogP contribution in [-0.4, -0.2) is 38.6 Å². The number of nitrogens with zero attached hydrogens (tertiary/aromatic N) is 3. The number of rotatable bonds is 5. The topological polar surface area (TPSA) is 77.2 Å². The molecule has 160 valence electrons. The summed E-state index contributed by atoms with van der Waals surface area (Å²) in [5, 5.41) is 15.1. The van der Waals surface area contributed by atoms with Crippen LogP contribution in [0.25, 0.3) is 23.2 Å². The average Bonchev–Trinajstić information content (AvgIpc) is 3.14. The van der Waals surface area contributed by atoms with Crippen LogP contribution >= 0.6 is 0 Å². The predicted octanol–water partition coefficient (Wildman–Crippen LogP) is 4.13. The Morgan fingerprint density at radius 1 is 1.23 bits per heavy atom. The number of halogens is 1. The van der Waals surface area contributed by atoms with Gasteiger partial charge in [0.15, 0.2) is 5.82 Å². The maximum atomic E-state index is 13.6. The molecule has 0 saturated carbocycles. The van der Waals surface area contributed by atoms with E-state index in [-0.39, 0.29) is 18.3 Å². The van der Waals surface area contributed by atoms with E-state index in [0.29, 0.717) is 12.2 Å². The molecule has 2 atom stereocenters. The third-order valence-electron chi connectivity index (χ3n) is 5.30. The molecule has 1 aromatic carbocycles. The second-order valence-corrected chi connectivity index (χ2v) is 7.82. The van der Waals surface area contributed by atoms with Crippen molar-refractivity contribution in [1.82, 2.24) is 14.8 Å². The summed E-state index contributed by atoms with van der Waals surface area (Å²) in [5.41, 5.74) is 3.09. The van der Waals surface area contributed by atoms with Crippen molar-refractivity contribution >= 4 is 12.0 Å². The Morgan fingerprint density at radius 3 is 2.65 bits per heavy atom. The molecular weight excluding hydrogens is 397 g/mol. The minimum Gasteiger partial charge on any atom is -0.465 e. The third kappa shape index (κ3) is 4.27. The number of carbonyl (C=O) groups is 1. The van der Waals surface area contributed by atoms with Crippen molar-refractivity contribution in [2.75, 3.05) is 6.61 Å². The summed E-state index contributed by atoms with van der Waals surface area (Å²) in [4.78, 5) is 16.6. The third-order valence-corrected chi connectivity index (χ3v) is 5.30. The number of aromatic nitrogens is 3. The first-order valence-electron chi connectivity index (χ1n) is 10.3. The summed E-state index contributed by atoms with van der Waals surface area (Å²) in [6, 6.07) is 11.7. The smallest absolute Gasteiger partial charge is 0.315 e. The Balaban J connectivity index is 1.90. The number of pyridine rings is 1. The second kappa shape index (κ2) is 8.81. The van der Waals surface area contributed by atoms with Crippen LogP contribution in [0.2, 0.25) is 0 Å².